The van der Waals surface area contributed by atoms with E-state index in [0.29, 0.717) is 6.54 Å². The summed E-state index contributed by atoms with van der Waals surface area (Å²) in [5.74, 6) is 1.80. The van der Waals surface area contributed by atoms with Gasteiger partial charge in [0.15, 0.2) is 5.96 Å². The molecule has 28 heavy (non-hydrogen) atoms. The Balaban J connectivity index is 0.00000225. The van der Waals surface area contributed by atoms with Gasteiger partial charge in [-0.15, -0.1) is 24.0 Å². The van der Waals surface area contributed by atoms with Gasteiger partial charge in [-0.05, 0) is 36.6 Å². The Kier molecular flexibility index (Phi) is 6.65. The molecule has 148 valence electrons. The van der Waals surface area contributed by atoms with Crippen molar-refractivity contribution in [2.24, 2.45) is 12.0 Å². The molecule has 5 nitrogen and oxygen atoms in total. The first-order valence-electron chi connectivity index (χ1n) is 9.23. The largest absolute Gasteiger partial charge is 0.356 e. The molecule has 3 aromatic rings. The lowest BCUT2D eigenvalue weighted by atomic mass is 9.96. The summed E-state index contributed by atoms with van der Waals surface area (Å²) in [6.45, 7) is 1.50. The summed E-state index contributed by atoms with van der Waals surface area (Å²) in [5, 5.41) is 6.90. The van der Waals surface area contributed by atoms with E-state index in [1.807, 2.05) is 25.2 Å². The molecule has 0 spiro atoms. The third-order valence-corrected chi connectivity index (χ3v) is 6.10. The van der Waals surface area contributed by atoms with E-state index in [9.17, 15) is 0 Å². The van der Waals surface area contributed by atoms with E-state index in [1.54, 1.807) is 0 Å². The van der Waals surface area contributed by atoms with Crippen molar-refractivity contribution in [3.63, 3.8) is 0 Å². The zero-order valence-corrected chi connectivity index (χ0v) is 20.0. The highest BCUT2D eigenvalue weighted by atomic mass is 127. The molecule has 0 unspecified atom stereocenters. The van der Waals surface area contributed by atoms with Crippen LogP contribution in [0.2, 0.25) is 0 Å². The van der Waals surface area contributed by atoms with E-state index in [1.165, 1.54) is 22.9 Å². The standard InChI is InChI=1S/C21H24BrN5.HI/c1-23-20(24-13-19-26-17-9-5-6-10-18(17)27(19)2)25-14-21(11-12-21)15-7-3-4-8-16(15)22;/h3-10H,11-14H2,1-2H3,(H2,23,24,25);1H. The number of para-hydroxylation sites is 2. The first kappa shape index (κ1) is 21.1. The summed E-state index contributed by atoms with van der Waals surface area (Å²) >= 11 is 3.70. The zero-order valence-electron chi connectivity index (χ0n) is 16.1. The fourth-order valence-corrected chi connectivity index (χ4v) is 4.28. The predicted octanol–water partition coefficient (Wildman–Crippen LogP) is 4.35. The van der Waals surface area contributed by atoms with Crippen LogP contribution in [0.5, 0.6) is 0 Å². The highest BCUT2D eigenvalue weighted by Crippen LogP contribution is 2.49. The van der Waals surface area contributed by atoms with Crippen LogP contribution < -0.4 is 10.6 Å². The molecule has 4 rings (SSSR count). The van der Waals surface area contributed by atoms with E-state index >= 15 is 0 Å². The molecule has 1 fully saturated rings. The summed E-state index contributed by atoms with van der Waals surface area (Å²) in [6.07, 6.45) is 2.40. The first-order valence-corrected chi connectivity index (χ1v) is 10.0. The van der Waals surface area contributed by atoms with Gasteiger partial charge in [-0.2, -0.15) is 0 Å². The Morgan fingerprint density at radius 1 is 1.14 bits per heavy atom. The molecule has 0 atom stereocenters. The number of aromatic nitrogens is 2. The van der Waals surface area contributed by atoms with Gasteiger partial charge in [0.05, 0.1) is 17.6 Å². The molecular formula is C21H25BrIN5. The summed E-state index contributed by atoms with van der Waals surface area (Å²) in [7, 11) is 3.86. The average Bonchev–Trinajstić information content (AvgIpc) is 3.41. The molecule has 1 heterocycles. The first-order chi connectivity index (χ1) is 13.1. The Labute approximate surface area is 191 Å². The van der Waals surface area contributed by atoms with Crippen LogP contribution >= 0.6 is 39.9 Å². The lowest BCUT2D eigenvalue weighted by Gasteiger charge is -2.20. The number of hydrogen-bond acceptors (Lipinski definition) is 2. The molecule has 1 aliphatic carbocycles. The van der Waals surface area contributed by atoms with Crippen LogP contribution in [0.1, 0.15) is 24.2 Å². The van der Waals surface area contributed by atoms with Crippen LogP contribution in [0.3, 0.4) is 0 Å². The van der Waals surface area contributed by atoms with Crippen LogP contribution in [0.25, 0.3) is 11.0 Å². The van der Waals surface area contributed by atoms with E-state index in [0.717, 1.165) is 29.4 Å². The fraction of sp³-hybridized carbons (Fsp3) is 0.333. The zero-order chi connectivity index (χ0) is 18.9. The van der Waals surface area contributed by atoms with Crippen molar-refractivity contribution >= 4 is 56.9 Å². The third-order valence-electron chi connectivity index (χ3n) is 5.41. The molecule has 0 radical (unpaired) electrons. The number of nitrogens with one attached hydrogen (secondary N) is 2. The second-order valence-electron chi connectivity index (χ2n) is 7.12. The van der Waals surface area contributed by atoms with Crippen LogP contribution in [-0.2, 0) is 19.0 Å². The number of rotatable bonds is 5. The van der Waals surface area contributed by atoms with Gasteiger partial charge in [-0.3, -0.25) is 4.99 Å². The molecule has 7 heteroatoms. The number of fused-ring (bicyclic) bond motifs is 1. The Morgan fingerprint density at radius 2 is 1.86 bits per heavy atom. The van der Waals surface area contributed by atoms with Crippen molar-refractivity contribution in [3.05, 3.63) is 64.4 Å². The molecule has 2 N–H and O–H groups in total. The van der Waals surface area contributed by atoms with Gasteiger partial charge < -0.3 is 15.2 Å². The second-order valence-corrected chi connectivity index (χ2v) is 7.97. The van der Waals surface area contributed by atoms with Crippen LogP contribution in [0.4, 0.5) is 0 Å². The Bertz CT molecular complexity index is 993. The second kappa shape index (κ2) is 8.82. The topological polar surface area (TPSA) is 54.2 Å². The van der Waals surface area contributed by atoms with E-state index in [-0.39, 0.29) is 29.4 Å². The van der Waals surface area contributed by atoms with Crippen molar-refractivity contribution in [1.29, 1.82) is 0 Å². The fourth-order valence-electron chi connectivity index (χ4n) is 3.57. The molecule has 1 aliphatic rings. The molecule has 0 amide bonds. The Morgan fingerprint density at radius 3 is 2.54 bits per heavy atom. The van der Waals surface area contributed by atoms with Gasteiger partial charge in [-0.25, -0.2) is 4.98 Å². The van der Waals surface area contributed by atoms with E-state index in [2.05, 4.69) is 73.5 Å². The summed E-state index contributed by atoms with van der Waals surface area (Å²) < 4.78 is 3.31. The number of aryl methyl sites for hydroxylation is 1. The SMILES string of the molecule is CN=C(NCc1nc2ccccc2n1C)NCC1(c2ccccc2Br)CC1.I. The summed E-state index contributed by atoms with van der Waals surface area (Å²) in [6, 6.07) is 16.7. The highest BCUT2D eigenvalue weighted by Gasteiger charge is 2.45. The minimum atomic E-state index is 0. The molecule has 0 bridgehead atoms. The molecular weight excluding hydrogens is 529 g/mol. The number of aliphatic imine (C=N–C) groups is 1. The number of guanidine groups is 1. The quantitative estimate of drug-likeness (QED) is 0.280. The van der Waals surface area contributed by atoms with Crippen LogP contribution in [0.15, 0.2) is 58.0 Å². The minimum absolute atomic E-state index is 0. The number of imidazole rings is 1. The van der Waals surface area contributed by atoms with Gasteiger partial charge in [-0.1, -0.05) is 46.3 Å². The molecule has 0 saturated heterocycles. The number of hydrogen-bond donors (Lipinski definition) is 2. The van der Waals surface area contributed by atoms with Crippen LogP contribution in [0, 0.1) is 0 Å². The van der Waals surface area contributed by atoms with Gasteiger partial charge in [0.25, 0.3) is 0 Å². The summed E-state index contributed by atoms with van der Waals surface area (Å²) in [4.78, 5) is 9.09. The third kappa shape index (κ3) is 4.20. The summed E-state index contributed by atoms with van der Waals surface area (Å²) in [5.41, 5.74) is 3.74. The number of nitrogens with zero attached hydrogens (tertiary/aromatic N) is 3. The maximum atomic E-state index is 4.71. The average molecular weight is 554 g/mol. The molecule has 1 saturated carbocycles. The van der Waals surface area contributed by atoms with Crippen molar-refractivity contribution in [3.8, 4) is 0 Å². The van der Waals surface area contributed by atoms with Crippen molar-refractivity contribution < 1.29 is 0 Å². The smallest absolute Gasteiger partial charge is 0.191 e. The highest BCUT2D eigenvalue weighted by molar-refractivity contribution is 14.0. The lowest BCUT2D eigenvalue weighted by molar-refractivity contribution is 0.639. The van der Waals surface area contributed by atoms with Gasteiger partial charge >= 0.3 is 0 Å². The maximum absolute atomic E-state index is 4.71. The van der Waals surface area contributed by atoms with Crippen molar-refractivity contribution in [1.82, 2.24) is 20.2 Å². The number of benzene rings is 2. The molecule has 2 aromatic carbocycles. The van der Waals surface area contributed by atoms with E-state index < -0.39 is 0 Å². The molecule has 1 aromatic heterocycles. The van der Waals surface area contributed by atoms with E-state index in [4.69, 9.17) is 4.98 Å². The van der Waals surface area contributed by atoms with Crippen LogP contribution in [-0.4, -0.2) is 29.1 Å². The van der Waals surface area contributed by atoms with Crippen molar-refractivity contribution in [2.75, 3.05) is 13.6 Å². The monoisotopic (exact) mass is 553 g/mol. The van der Waals surface area contributed by atoms with Crippen molar-refractivity contribution in [2.45, 2.75) is 24.8 Å². The maximum Gasteiger partial charge on any atom is 0.191 e. The minimum Gasteiger partial charge on any atom is -0.356 e. The van der Waals surface area contributed by atoms with Gasteiger partial charge in [0, 0.05) is 30.5 Å². The number of halogens is 2. The normalized spacial score (nSPS) is 15.2. The predicted molar refractivity (Wildman–Crippen MR) is 129 cm³/mol. The van der Waals surface area contributed by atoms with Gasteiger partial charge in [0.2, 0.25) is 0 Å². The Hall–Kier alpha value is -1.61. The molecule has 0 aliphatic heterocycles. The van der Waals surface area contributed by atoms with Gasteiger partial charge in [0.1, 0.15) is 5.82 Å². The lowest BCUT2D eigenvalue weighted by Crippen LogP contribution is -2.41.